The maximum Gasteiger partial charge on any atom is 0.159 e. The second-order valence-electron chi connectivity index (χ2n) is 5.46. The smallest absolute Gasteiger partial charge is 0.159 e. The highest BCUT2D eigenvalue weighted by atomic mass is 19.2. The lowest BCUT2D eigenvalue weighted by Crippen LogP contribution is -2.20. The van der Waals surface area contributed by atoms with Gasteiger partial charge in [-0.05, 0) is 54.8 Å². The van der Waals surface area contributed by atoms with Gasteiger partial charge in [0.1, 0.15) is 5.82 Å². The molecular weight excluding hydrogens is 348 g/mol. The lowest BCUT2D eigenvalue weighted by atomic mass is 10.2. The van der Waals surface area contributed by atoms with Gasteiger partial charge < -0.3 is 0 Å². The fraction of sp³-hybridized carbons (Fsp3) is 0.111. The Kier molecular flexibility index (Phi) is 6.48. The zero-order valence-corrected chi connectivity index (χ0v) is 14.0. The van der Waals surface area contributed by atoms with Crippen LogP contribution in [0.2, 0.25) is 0 Å². The highest BCUT2D eigenvalue weighted by Gasteiger charge is 2.02. The van der Waals surface area contributed by atoms with E-state index >= 15 is 0 Å². The summed E-state index contributed by atoms with van der Waals surface area (Å²) in [6.45, 7) is 3.57. The fourth-order valence-corrected chi connectivity index (χ4v) is 1.78. The molecule has 0 saturated carbocycles. The van der Waals surface area contributed by atoms with Crippen LogP contribution in [-0.4, -0.2) is 12.4 Å². The third-order valence-electron chi connectivity index (χ3n) is 3.17. The van der Waals surface area contributed by atoms with E-state index in [1.165, 1.54) is 24.6 Å². The summed E-state index contributed by atoms with van der Waals surface area (Å²) in [7, 11) is 0. The standard InChI is InChI=1S/C18H16F4N4/c1-11(2)18(25-23-9-12-3-5-14(19)16(21)7-12)26-24-10-13-4-6-15(20)17(22)8-13/h3-10,25-26H,1-2H3/b23-9+,24-10+. The van der Waals surface area contributed by atoms with Crippen molar-refractivity contribution in [2.24, 2.45) is 10.2 Å². The molecule has 2 rings (SSSR count). The van der Waals surface area contributed by atoms with Crippen LogP contribution in [0.5, 0.6) is 0 Å². The predicted molar refractivity (Wildman–Crippen MR) is 92.5 cm³/mol. The molecule has 0 spiro atoms. The Morgan fingerprint density at radius 2 is 1.15 bits per heavy atom. The Morgan fingerprint density at radius 3 is 1.50 bits per heavy atom. The molecule has 2 N–H and O–H groups in total. The topological polar surface area (TPSA) is 48.8 Å². The summed E-state index contributed by atoms with van der Waals surface area (Å²) in [5, 5.41) is 7.83. The van der Waals surface area contributed by atoms with Crippen LogP contribution in [0.4, 0.5) is 17.6 Å². The van der Waals surface area contributed by atoms with Crippen LogP contribution in [0.25, 0.3) is 0 Å². The van der Waals surface area contributed by atoms with Gasteiger partial charge in [0.2, 0.25) is 0 Å². The normalized spacial score (nSPS) is 11.2. The van der Waals surface area contributed by atoms with Crippen LogP contribution < -0.4 is 10.9 Å². The number of allylic oxidation sites excluding steroid dienone is 1. The van der Waals surface area contributed by atoms with Crippen molar-refractivity contribution >= 4 is 12.4 Å². The molecular formula is C18H16F4N4. The number of nitrogens with zero attached hydrogens (tertiary/aromatic N) is 2. The molecule has 0 radical (unpaired) electrons. The molecule has 2 aromatic rings. The van der Waals surface area contributed by atoms with Crippen LogP contribution in [0.1, 0.15) is 25.0 Å². The molecule has 136 valence electrons. The van der Waals surface area contributed by atoms with Gasteiger partial charge in [-0.1, -0.05) is 12.1 Å². The van der Waals surface area contributed by atoms with E-state index in [9.17, 15) is 17.6 Å². The molecule has 0 atom stereocenters. The second kappa shape index (κ2) is 8.80. The van der Waals surface area contributed by atoms with Gasteiger partial charge in [-0.15, -0.1) is 0 Å². The largest absolute Gasteiger partial charge is 0.262 e. The quantitative estimate of drug-likeness (QED) is 0.462. The average molecular weight is 364 g/mol. The molecule has 0 aliphatic heterocycles. The SMILES string of the molecule is CC(C)=C(N/N=C/c1ccc(F)c(F)c1)N/N=C/c1ccc(F)c(F)c1. The minimum absolute atomic E-state index is 0.370. The van der Waals surface area contributed by atoms with Gasteiger partial charge in [0.25, 0.3) is 0 Å². The maximum atomic E-state index is 13.1. The molecule has 0 aliphatic carbocycles. The molecule has 0 heterocycles. The number of nitrogens with one attached hydrogen (secondary N) is 2. The Balaban J connectivity index is 1.99. The second-order valence-corrected chi connectivity index (χ2v) is 5.46. The van der Waals surface area contributed by atoms with Crippen molar-refractivity contribution in [3.05, 3.63) is 82.2 Å². The maximum absolute atomic E-state index is 13.1. The van der Waals surface area contributed by atoms with E-state index in [0.717, 1.165) is 29.8 Å². The minimum Gasteiger partial charge on any atom is -0.262 e. The van der Waals surface area contributed by atoms with Gasteiger partial charge in [-0.2, -0.15) is 10.2 Å². The first-order chi connectivity index (χ1) is 12.4. The summed E-state index contributed by atoms with van der Waals surface area (Å²) in [5.74, 6) is -3.37. The van der Waals surface area contributed by atoms with E-state index < -0.39 is 23.3 Å². The van der Waals surface area contributed by atoms with Gasteiger partial charge in [0.05, 0.1) is 12.4 Å². The van der Waals surface area contributed by atoms with Crippen molar-refractivity contribution < 1.29 is 17.6 Å². The third-order valence-corrected chi connectivity index (χ3v) is 3.17. The van der Waals surface area contributed by atoms with Crippen molar-refractivity contribution in [2.75, 3.05) is 0 Å². The van der Waals surface area contributed by atoms with E-state index in [-0.39, 0.29) is 0 Å². The van der Waals surface area contributed by atoms with Crippen LogP contribution in [-0.2, 0) is 0 Å². The Morgan fingerprint density at radius 1 is 0.731 bits per heavy atom. The van der Waals surface area contributed by atoms with E-state index in [4.69, 9.17) is 0 Å². The minimum atomic E-state index is -0.967. The molecule has 0 amide bonds. The van der Waals surface area contributed by atoms with Gasteiger partial charge in [0, 0.05) is 0 Å². The van der Waals surface area contributed by atoms with E-state index in [1.54, 1.807) is 13.8 Å². The lowest BCUT2D eigenvalue weighted by molar-refractivity contribution is 0.508. The molecule has 0 saturated heterocycles. The molecule has 8 heteroatoms. The summed E-state index contributed by atoms with van der Waals surface area (Å²) in [4.78, 5) is 0. The van der Waals surface area contributed by atoms with Gasteiger partial charge in [-0.3, -0.25) is 10.9 Å². The van der Waals surface area contributed by atoms with Crippen LogP contribution >= 0.6 is 0 Å². The van der Waals surface area contributed by atoms with E-state index in [2.05, 4.69) is 21.1 Å². The summed E-state index contributed by atoms with van der Waals surface area (Å²) >= 11 is 0. The number of rotatable bonds is 6. The molecule has 4 nitrogen and oxygen atoms in total. The van der Waals surface area contributed by atoms with Gasteiger partial charge >= 0.3 is 0 Å². The Labute approximate surface area is 147 Å². The highest BCUT2D eigenvalue weighted by molar-refractivity contribution is 5.80. The number of benzene rings is 2. The third kappa shape index (κ3) is 5.44. The van der Waals surface area contributed by atoms with E-state index in [1.807, 2.05) is 0 Å². The van der Waals surface area contributed by atoms with Crippen LogP contribution in [0, 0.1) is 23.3 Å². The zero-order chi connectivity index (χ0) is 19.1. The number of hydrazone groups is 2. The Bertz CT molecular complexity index is 806. The summed E-state index contributed by atoms with van der Waals surface area (Å²) in [5.41, 5.74) is 6.91. The molecule has 2 aromatic carbocycles. The van der Waals surface area contributed by atoms with Crippen molar-refractivity contribution in [1.29, 1.82) is 0 Å². The molecule has 0 fully saturated rings. The van der Waals surface area contributed by atoms with E-state index in [0.29, 0.717) is 16.9 Å². The molecule has 0 bridgehead atoms. The van der Waals surface area contributed by atoms with Gasteiger partial charge in [-0.25, -0.2) is 17.6 Å². The Hall–Kier alpha value is -3.16. The summed E-state index contributed by atoms with van der Waals surface area (Å²) in [6, 6.07) is 6.78. The zero-order valence-electron chi connectivity index (χ0n) is 14.0. The number of halogens is 4. The number of hydrogen-bond donors (Lipinski definition) is 2. The van der Waals surface area contributed by atoms with Crippen molar-refractivity contribution in [3.63, 3.8) is 0 Å². The summed E-state index contributed by atoms with van der Waals surface area (Å²) < 4.78 is 52.0. The highest BCUT2D eigenvalue weighted by Crippen LogP contribution is 2.08. The lowest BCUT2D eigenvalue weighted by Gasteiger charge is -2.08. The molecule has 0 aliphatic rings. The first kappa shape index (κ1) is 19.2. The van der Waals surface area contributed by atoms with Crippen LogP contribution in [0.15, 0.2) is 58.0 Å². The first-order valence-electron chi connectivity index (χ1n) is 7.52. The molecule has 26 heavy (non-hydrogen) atoms. The van der Waals surface area contributed by atoms with Crippen molar-refractivity contribution in [3.8, 4) is 0 Å². The fourth-order valence-electron chi connectivity index (χ4n) is 1.78. The number of hydrogen-bond acceptors (Lipinski definition) is 4. The monoisotopic (exact) mass is 364 g/mol. The van der Waals surface area contributed by atoms with Crippen molar-refractivity contribution in [1.82, 2.24) is 10.9 Å². The first-order valence-corrected chi connectivity index (χ1v) is 7.52. The molecule has 0 aromatic heterocycles. The van der Waals surface area contributed by atoms with Gasteiger partial charge in [0.15, 0.2) is 23.3 Å². The summed E-state index contributed by atoms with van der Waals surface area (Å²) in [6.07, 6.45) is 2.62. The average Bonchev–Trinajstić information content (AvgIpc) is 2.59. The predicted octanol–water partition coefficient (Wildman–Crippen LogP) is 4.04. The van der Waals surface area contributed by atoms with Crippen LogP contribution in [0.3, 0.4) is 0 Å². The molecule has 0 unspecified atom stereocenters. The van der Waals surface area contributed by atoms with Crippen molar-refractivity contribution in [2.45, 2.75) is 13.8 Å².